The molecule has 0 bridgehead atoms. The van der Waals surface area contributed by atoms with E-state index in [-0.39, 0.29) is 23.7 Å². The van der Waals surface area contributed by atoms with E-state index in [9.17, 15) is 18.0 Å². The van der Waals surface area contributed by atoms with Crippen LogP contribution in [0.3, 0.4) is 0 Å². The summed E-state index contributed by atoms with van der Waals surface area (Å²) >= 11 is 0. The van der Waals surface area contributed by atoms with Crippen molar-refractivity contribution in [1.82, 2.24) is 19.9 Å². The average molecular weight is 397 g/mol. The Morgan fingerprint density at radius 3 is 2.52 bits per heavy atom. The maximum absolute atomic E-state index is 13.3. The third-order valence-electron chi connectivity index (χ3n) is 4.25. The van der Waals surface area contributed by atoms with Gasteiger partial charge < -0.3 is 10.3 Å². The zero-order valence-corrected chi connectivity index (χ0v) is 14.9. The van der Waals surface area contributed by atoms with Crippen LogP contribution >= 0.6 is 0 Å². The Kier molecular flexibility index (Phi) is 4.71. The highest BCUT2D eigenvalue weighted by atomic mass is 19.4. The molecule has 6 nitrogen and oxygen atoms in total. The predicted octanol–water partition coefficient (Wildman–Crippen LogP) is 4.01. The number of nitrogens with zero attached hydrogens (tertiary/aromatic N) is 3. The second-order valence-corrected chi connectivity index (χ2v) is 6.25. The van der Waals surface area contributed by atoms with E-state index < -0.39 is 11.9 Å². The third-order valence-corrected chi connectivity index (χ3v) is 4.25. The minimum atomic E-state index is -4.63. The first-order valence-corrected chi connectivity index (χ1v) is 8.62. The highest BCUT2D eigenvalue weighted by Gasteiger charge is 2.33. The van der Waals surface area contributed by atoms with Crippen LogP contribution in [0, 0.1) is 0 Å². The summed E-state index contributed by atoms with van der Waals surface area (Å²) in [6.45, 7) is 0.120. The lowest BCUT2D eigenvalue weighted by Gasteiger charge is -2.13. The number of para-hydroxylation sites is 1. The number of rotatable bonds is 4. The molecular weight excluding hydrogens is 383 g/mol. The second kappa shape index (κ2) is 7.34. The molecule has 0 aliphatic heterocycles. The zero-order valence-electron chi connectivity index (χ0n) is 14.9. The molecule has 3 heterocycles. The lowest BCUT2D eigenvalue weighted by molar-refractivity contribution is -0.141. The number of H-pyrrole nitrogens is 1. The average Bonchev–Trinajstić information content (AvgIpc) is 2.71. The number of aromatic amines is 1. The third kappa shape index (κ3) is 4.08. The fourth-order valence-corrected chi connectivity index (χ4v) is 2.92. The van der Waals surface area contributed by atoms with Crippen LogP contribution in [-0.2, 0) is 12.7 Å². The van der Waals surface area contributed by atoms with Crippen molar-refractivity contribution in [3.63, 3.8) is 0 Å². The van der Waals surface area contributed by atoms with Crippen molar-refractivity contribution in [2.45, 2.75) is 12.7 Å². The molecule has 0 aliphatic rings. The first-order chi connectivity index (χ1) is 13.9. The van der Waals surface area contributed by atoms with Crippen LogP contribution in [0.5, 0.6) is 0 Å². The van der Waals surface area contributed by atoms with Gasteiger partial charge in [0.15, 0.2) is 11.5 Å². The van der Waals surface area contributed by atoms with E-state index in [1.807, 2.05) is 12.1 Å². The molecule has 4 rings (SSSR count). The number of aromatic nitrogens is 4. The molecular formula is C20H14F3N5O. The Hall–Kier alpha value is -3.75. The molecule has 0 radical (unpaired) electrons. The second-order valence-electron chi connectivity index (χ2n) is 6.25. The molecule has 0 fully saturated rings. The van der Waals surface area contributed by atoms with E-state index in [1.54, 1.807) is 12.1 Å². The van der Waals surface area contributed by atoms with Crippen LogP contribution in [0.25, 0.3) is 22.3 Å². The van der Waals surface area contributed by atoms with Crippen molar-refractivity contribution in [3.8, 4) is 11.4 Å². The molecule has 0 aliphatic carbocycles. The highest BCUT2D eigenvalue weighted by Crippen LogP contribution is 2.31. The van der Waals surface area contributed by atoms with Gasteiger partial charge in [-0.3, -0.25) is 9.78 Å². The topological polar surface area (TPSA) is 83.6 Å². The molecule has 0 saturated carbocycles. The van der Waals surface area contributed by atoms with Crippen LogP contribution in [0.2, 0.25) is 0 Å². The van der Waals surface area contributed by atoms with Crippen molar-refractivity contribution >= 4 is 16.7 Å². The van der Waals surface area contributed by atoms with Gasteiger partial charge in [-0.15, -0.1) is 0 Å². The van der Waals surface area contributed by atoms with E-state index in [0.717, 1.165) is 11.5 Å². The monoisotopic (exact) mass is 397 g/mol. The number of benzene rings is 1. The summed E-state index contributed by atoms with van der Waals surface area (Å²) in [6, 6.07) is 12.5. The predicted molar refractivity (Wildman–Crippen MR) is 102 cm³/mol. The largest absolute Gasteiger partial charge is 0.433 e. The summed E-state index contributed by atoms with van der Waals surface area (Å²) in [5.41, 5.74) is 0.347. The van der Waals surface area contributed by atoms with Gasteiger partial charge in [0.05, 0.1) is 0 Å². The van der Waals surface area contributed by atoms with E-state index >= 15 is 0 Å². The normalized spacial score (nSPS) is 11.6. The Morgan fingerprint density at radius 2 is 1.76 bits per heavy atom. The van der Waals surface area contributed by atoms with Gasteiger partial charge in [-0.25, -0.2) is 9.97 Å². The van der Waals surface area contributed by atoms with Gasteiger partial charge in [-0.2, -0.15) is 13.2 Å². The molecule has 1 aromatic carbocycles. The first-order valence-electron chi connectivity index (χ1n) is 8.62. The standard InChI is InChI=1S/C20H14F3N5O/c21-20(22,23)16-10-17(28-19(27-16)12-5-7-24-8-6-12)25-11-13-9-18(29)26-15-4-2-1-3-14(13)15/h1-10H,11H2,(H,26,29)(H,25,27,28). The molecule has 29 heavy (non-hydrogen) atoms. The number of hydrogen-bond acceptors (Lipinski definition) is 5. The molecule has 0 saturated heterocycles. The van der Waals surface area contributed by atoms with Crippen LogP contribution < -0.4 is 10.9 Å². The van der Waals surface area contributed by atoms with Crippen molar-refractivity contribution in [3.05, 3.63) is 82.5 Å². The van der Waals surface area contributed by atoms with Crippen molar-refractivity contribution < 1.29 is 13.2 Å². The summed E-state index contributed by atoms with van der Waals surface area (Å²) in [7, 11) is 0. The number of nitrogens with one attached hydrogen (secondary N) is 2. The summed E-state index contributed by atoms with van der Waals surface area (Å²) in [5, 5.41) is 3.67. The highest BCUT2D eigenvalue weighted by molar-refractivity contribution is 5.82. The first kappa shape index (κ1) is 18.6. The smallest absolute Gasteiger partial charge is 0.366 e. The van der Waals surface area contributed by atoms with Crippen LogP contribution in [0.15, 0.2) is 65.7 Å². The summed E-state index contributed by atoms with van der Waals surface area (Å²) in [6.07, 6.45) is -1.72. The van der Waals surface area contributed by atoms with Gasteiger partial charge in [-0.1, -0.05) is 18.2 Å². The Bertz CT molecular complexity index is 1220. The number of halogens is 3. The minimum absolute atomic E-state index is 0.00324. The summed E-state index contributed by atoms with van der Waals surface area (Å²) < 4.78 is 39.9. The van der Waals surface area contributed by atoms with Crippen LogP contribution in [-0.4, -0.2) is 19.9 Å². The summed E-state index contributed by atoms with van der Waals surface area (Å²) in [4.78, 5) is 26.3. The van der Waals surface area contributed by atoms with Gasteiger partial charge in [0.1, 0.15) is 5.82 Å². The summed E-state index contributed by atoms with van der Waals surface area (Å²) in [5.74, 6) is -0.0657. The van der Waals surface area contributed by atoms with Crippen molar-refractivity contribution in [2.75, 3.05) is 5.32 Å². The quantitative estimate of drug-likeness (QED) is 0.544. The zero-order chi connectivity index (χ0) is 20.4. The molecule has 0 unspecified atom stereocenters. The van der Waals surface area contributed by atoms with Crippen LogP contribution in [0.4, 0.5) is 19.0 Å². The Morgan fingerprint density at radius 1 is 1.00 bits per heavy atom. The van der Waals surface area contributed by atoms with E-state index in [2.05, 4.69) is 25.3 Å². The van der Waals surface area contributed by atoms with Gasteiger partial charge in [-0.05, 0) is 23.8 Å². The van der Waals surface area contributed by atoms with E-state index in [4.69, 9.17) is 0 Å². The fourth-order valence-electron chi connectivity index (χ4n) is 2.92. The molecule has 9 heteroatoms. The van der Waals surface area contributed by atoms with E-state index in [0.29, 0.717) is 16.6 Å². The fraction of sp³-hybridized carbons (Fsp3) is 0.100. The van der Waals surface area contributed by atoms with Gasteiger partial charge in [0.25, 0.3) is 0 Å². The minimum Gasteiger partial charge on any atom is -0.366 e. The maximum Gasteiger partial charge on any atom is 0.433 e. The van der Waals surface area contributed by atoms with E-state index in [1.165, 1.54) is 30.6 Å². The van der Waals surface area contributed by atoms with Crippen molar-refractivity contribution in [2.24, 2.45) is 0 Å². The van der Waals surface area contributed by atoms with Crippen molar-refractivity contribution in [1.29, 1.82) is 0 Å². The lowest BCUT2D eigenvalue weighted by atomic mass is 10.1. The molecule has 0 atom stereocenters. The number of alkyl halides is 3. The van der Waals surface area contributed by atoms with Crippen LogP contribution in [0.1, 0.15) is 11.3 Å². The molecule has 4 aromatic rings. The van der Waals surface area contributed by atoms with Gasteiger partial charge in [0.2, 0.25) is 5.56 Å². The number of fused-ring (bicyclic) bond motifs is 1. The molecule has 3 aromatic heterocycles. The number of hydrogen-bond donors (Lipinski definition) is 2. The van der Waals surface area contributed by atoms with Gasteiger partial charge >= 0.3 is 6.18 Å². The lowest BCUT2D eigenvalue weighted by Crippen LogP contribution is -2.13. The SMILES string of the molecule is O=c1cc(CNc2cc(C(F)(F)F)nc(-c3ccncc3)n2)c2ccccc2[nH]1. The van der Waals surface area contributed by atoms with Gasteiger partial charge in [0, 0.05) is 47.5 Å². The molecule has 0 spiro atoms. The Labute approximate surface area is 162 Å². The maximum atomic E-state index is 13.3. The molecule has 0 amide bonds. The molecule has 146 valence electrons. The molecule has 2 N–H and O–H groups in total. The number of pyridine rings is 2. The Balaban J connectivity index is 1.71. The number of anilines is 1.